The van der Waals surface area contributed by atoms with Crippen molar-refractivity contribution in [2.24, 2.45) is 17.8 Å². The molecule has 2 aliphatic rings. The summed E-state index contributed by atoms with van der Waals surface area (Å²) in [4.78, 5) is 31.2. The van der Waals surface area contributed by atoms with E-state index in [0.29, 0.717) is 65.2 Å². The van der Waals surface area contributed by atoms with Gasteiger partial charge in [-0.2, -0.15) is 0 Å². The summed E-state index contributed by atoms with van der Waals surface area (Å²) < 4.78 is 12.1. The third kappa shape index (κ3) is 21.4. The van der Waals surface area contributed by atoms with Crippen LogP contribution in [0, 0.1) is 17.8 Å². The first-order valence-electron chi connectivity index (χ1n) is 13.1. The molecule has 3 atom stereocenters. The molecule has 2 saturated heterocycles. The van der Waals surface area contributed by atoms with E-state index in [-0.39, 0.29) is 19.4 Å². The number of hydrogen-bond donors (Lipinski definition) is 1. The summed E-state index contributed by atoms with van der Waals surface area (Å²) in [5.74, 6) is 0.905. The van der Waals surface area contributed by atoms with Crippen molar-refractivity contribution < 1.29 is 29.0 Å². The first-order chi connectivity index (χ1) is 18.2. The fraction of sp³-hybridized carbons (Fsp3) is 0.516. The van der Waals surface area contributed by atoms with Crippen molar-refractivity contribution in [3.8, 4) is 0 Å². The molecule has 1 N–H and O–H groups in total. The van der Waals surface area contributed by atoms with Gasteiger partial charge in [-0.25, -0.2) is 0 Å². The number of cyclic esters (lactones) is 2. The first kappa shape index (κ1) is 36.9. The standard InChI is InChI=1S/C12H16O2Se.2C6H10O2.C6H6Se.CH4/c1-10(7-8-12(13)14)9-15-11-5-3-2-4-6-11;2*1-5-2-3-6(7)8-4-5;7-6-4-2-1-3-5-6;/h2-6,10H,7-9H2,1H3,(H,13,14);2*5H,2-4H2,1H3;1-5,7H;1H4/p-1/t10-;5-;;;/m01.../s1. The molecule has 2 aromatic rings. The van der Waals surface area contributed by atoms with Gasteiger partial charge in [-0.1, -0.05) is 21.3 Å². The maximum absolute atomic E-state index is 10.4. The predicted octanol–water partition coefficient (Wildman–Crippen LogP) is 4.97. The molecule has 0 amide bonds. The summed E-state index contributed by atoms with van der Waals surface area (Å²) >= 11 is 3.39. The fourth-order valence-electron chi connectivity index (χ4n) is 3.14. The van der Waals surface area contributed by atoms with E-state index in [1.807, 2.05) is 36.4 Å². The number of carbonyl (C=O) groups excluding carboxylic acids is 2. The Bertz CT molecular complexity index is 877. The molecule has 2 heterocycles. The zero-order chi connectivity index (χ0) is 28.2. The van der Waals surface area contributed by atoms with Gasteiger partial charge < -0.3 is 9.47 Å². The zero-order valence-corrected chi connectivity index (χ0v) is 26.1. The van der Waals surface area contributed by atoms with Crippen molar-refractivity contribution in [3.63, 3.8) is 0 Å². The van der Waals surface area contributed by atoms with Crippen molar-refractivity contribution in [2.75, 3.05) is 13.2 Å². The molecule has 0 saturated carbocycles. The van der Waals surface area contributed by atoms with Gasteiger partial charge in [-0.05, 0) is 24.7 Å². The van der Waals surface area contributed by atoms with Crippen LogP contribution in [0.5, 0.6) is 0 Å². The Hall–Kier alpha value is -2.11. The summed E-state index contributed by atoms with van der Waals surface area (Å²) in [5.41, 5.74) is 0. The second-order valence-corrected chi connectivity index (χ2v) is 12.9. The summed E-state index contributed by atoms with van der Waals surface area (Å²) in [6.07, 6.45) is 4.32. The van der Waals surface area contributed by atoms with E-state index < -0.39 is 5.97 Å². The molecule has 2 aromatic carbocycles. The van der Waals surface area contributed by atoms with Gasteiger partial charge in [0.2, 0.25) is 0 Å². The van der Waals surface area contributed by atoms with Crippen LogP contribution in [0.4, 0.5) is 0 Å². The van der Waals surface area contributed by atoms with Crippen molar-refractivity contribution in [3.05, 3.63) is 60.7 Å². The second-order valence-electron chi connectivity index (χ2n) is 9.63. The topological polar surface area (TPSA) is 89.9 Å². The quantitative estimate of drug-likeness (QED) is 0.345. The Morgan fingerprint density at radius 2 is 1.38 bits per heavy atom. The molecule has 6 nitrogen and oxygen atoms in total. The Morgan fingerprint density at radius 1 is 0.923 bits per heavy atom. The van der Waals surface area contributed by atoms with Crippen LogP contribution < -0.4 is 8.92 Å². The fourth-order valence-corrected chi connectivity index (χ4v) is 5.55. The van der Waals surface area contributed by atoms with Crippen LogP contribution in [-0.2, 0) is 23.9 Å². The Labute approximate surface area is 249 Å². The van der Waals surface area contributed by atoms with E-state index in [4.69, 9.17) is 14.6 Å². The van der Waals surface area contributed by atoms with Crippen LogP contribution >= 0.6 is 0 Å². The van der Waals surface area contributed by atoms with Crippen molar-refractivity contribution >= 4 is 57.8 Å². The van der Waals surface area contributed by atoms with Crippen LogP contribution in [0.3, 0.4) is 0 Å². The predicted molar refractivity (Wildman–Crippen MR) is 160 cm³/mol. The third-order valence-electron chi connectivity index (χ3n) is 5.61. The first-order valence-corrected chi connectivity index (χ1v) is 16.0. The van der Waals surface area contributed by atoms with Crippen LogP contribution in [0.1, 0.15) is 66.7 Å². The Morgan fingerprint density at radius 3 is 1.72 bits per heavy atom. The molecule has 2 aliphatic heterocycles. The van der Waals surface area contributed by atoms with E-state index in [9.17, 15) is 14.4 Å². The van der Waals surface area contributed by atoms with Gasteiger partial charge in [0.05, 0.1) is 13.2 Å². The molecule has 8 heteroatoms. The number of esters is 2. The molecule has 0 aliphatic carbocycles. The number of carbonyl (C=O) groups is 3. The van der Waals surface area contributed by atoms with Gasteiger partial charge in [-0.3, -0.25) is 9.59 Å². The van der Waals surface area contributed by atoms with E-state index in [1.165, 1.54) is 8.92 Å². The molecule has 0 bridgehead atoms. The average Bonchev–Trinajstić information content (AvgIpc) is 2.92. The Balaban J connectivity index is 0.000000517. The van der Waals surface area contributed by atoms with Crippen LogP contribution in [0.2, 0.25) is 5.32 Å². The van der Waals surface area contributed by atoms with Crippen LogP contribution in [0.25, 0.3) is 0 Å². The average molecular weight is 672 g/mol. The number of benzene rings is 2. The van der Waals surface area contributed by atoms with Crippen molar-refractivity contribution in [1.82, 2.24) is 0 Å². The van der Waals surface area contributed by atoms with Gasteiger partial charge >= 0.3 is 159 Å². The van der Waals surface area contributed by atoms with E-state index in [0.717, 1.165) is 24.6 Å². The molecule has 39 heavy (non-hydrogen) atoms. The van der Waals surface area contributed by atoms with Gasteiger partial charge in [0.15, 0.2) is 0 Å². The third-order valence-corrected chi connectivity index (χ3v) is 9.00. The number of ether oxygens (including phenoxy) is 2. The van der Waals surface area contributed by atoms with Gasteiger partial charge in [0.1, 0.15) is 0 Å². The van der Waals surface area contributed by atoms with Crippen LogP contribution in [-0.4, -0.2) is 67.2 Å². The van der Waals surface area contributed by atoms with E-state index in [1.54, 1.807) is 0 Å². The van der Waals surface area contributed by atoms with Crippen molar-refractivity contribution in [1.29, 1.82) is 0 Å². The minimum absolute atomic E-state index is 0. The molecule has 0 radical (unpaired) electrons. The number of carboxylic acids is 1. The molecule has 0 spiro atoms. The number of aliphatic carboxylic acids is 1. The van der Waals surface area contributed by atoms with Gasteiger partial charge in [0.25, 0.3) is 0 Å². The number of rotatable bonds is 6. The summed E-state index contributed by atoms with van der Waals surface area (Å²) in [5, 5.41) is 9.68. The van der Waals surface area contributed by atoms with Crippen LogP contribution in [0.15, 0.2) is 60.7 Å². The molecule has 218 valence electrons. The molecular formula is C31H45O6Se2-. The van der Waals surface area contributed by atoms with E-state index >= 15 is 0 Å². The van der Waals surface area contributed by atoms with Gasteiger partial charge in [-0.15, -0.1) is 0 Å². The SMILES string of the molecule is C.CC1CCC(=O)OC1.C[C@@H](CCC(=O)O)C[Se]c1ccccc1.C[C@@H]1CCC(=O)OC1.[Se-]c1ccccc1. The molecule has 4 rings (SSSR count). The summed E-state index contributed by atoms with van der Waals surface area (Å²) in [7, 11) is 0. The normalized spacial score (nSPS) is 18.4. The second kappa shape index (κ2) is 22.7. The van der Waals surface area contributed by atoms with Gasteiger partial charge in [0, 0.05) is 12.8 Å². The number of carboxylic acid groups (broad SMARTS) is 1. The minimum atomic E-state index is -0.686. The summed E-state index contributed by atoms with van der Waals surface area (Å²) in [6.45, 7) is 7.56. The maximum atomic E-state index is 10.4. The van der Waals surface area contributed by atoms with Crippen molar-refractivity contribution in [2.45, 2.75) is 72.0 Å². The summed E-state index contributed by atoms with van der Waals surface area (Å²) in [6, 6.07) is 20.5. The Kier molecular flexibility index (Phi) is 21.5. The molecule has 0 aromatic heterocycles. The van der Waals surface area contributed by atoms with E-state index in [2.05, 4.69) is 61.0 Å². The molecular weight excluding hydrogens is 626 g/mol. The zero-order valence-electron chi connectivity index (χ0n) is 22.7. The monoisotopic (exact) mass is 673 g/mol. The number of hydrogen-bond acceptors (Lipinski definition) is 5. The molecule has 1 unspecified atom stereocenters. The molecule has 2 fully saturated rings.